The summed E-state index contributed by atoms with van der Waals surface area (Å²) < 4.78 is 1.99. The van der Waals surface area contributed by atoms with Crippen molar-refractivity contribution in [3.63, 3.8) is 0 Å². The number of thiazole rings is 1. The molecule has 0 saturated heterocycles. The van der Waals surface area contributed by atoms with Crippen LogP contribution in [0.15, 0.2) is 69.8 Å². The first kappa shape index (κ1) is 17.3. The zero-order valence-electron chi connectivity index (χ0n) is 13.1. The monoisotopic (exact) mass is 414 g/mol. The van der Waals surface area contributed by atoms with E-state index in [4.69, 9.17) is 5.73 Å². The second kappa shape index (κ2) is 8.04. The van der Waals surface area contributed by atoms with Gasteiger partial charge in [-0.3, -0.25) is 4.79 Å². The van der Waals surface area contributed by atoms with Crippen molar-refractivity contribution in [2.45, 2.75) is 6.54 Å². The Kier molecular flexibility index (Phi) is 5.57. The maximum absolute atomic E-state index is 12.3. The van der Waals surface area contributed by atoms with Gasteiger partial charge in [0.15, 0.2) is 0 Å². The van der Waals surface area contributed by atoms with Gasteiger partial charge in [-0.05, 0) is 23.8 Å². The first-order chi connectivity index (χ1) is 12.2. The van der Waals surface area contributed by atoms with Crippen LogP contribution in [0.25, 0.3) is 10.2 Å². The number of hydrogen-bond acceptors (Lipinski definition) is 5. The lowest BCUT2D eigenvalue weighted by Crippen LogP contribution is -2.25. The Hall–Kier alpha value is -2.51. The molecule has 0 aliphatic heterocycles. The van der Waals surface area contributed by atoms with Gasteiger partial charge >= 0.3 is 0 Å². The molecule has 3 rings (SSSR count). The lowest BCUT2D eigenvalue weighted by Gasteiger charge is -2.07. The van der Waals surface area contributed by atoms with Gasteiger partial charge in [-0.1, -0.05) is 57.6 Å². The minimum absolute atomic E-state index is 0.284. The predicted molar refractivity (Wildman–Crippen MR) is 106 cm³/mol. The van der Waals surface area contributed by atoms with Gasteiger partial charge in [0, 0.05) is 23.4 Å². The molecule has 0 atom stereocenters. The molecule has 0 fully saturated rings. The molecule has 5 nitrogen and oxygen atoms in total. The zero-order valence-corrected chi connectivity index (χ0v) is 15.5. The fourth-order valence-electron chi connectivity index (χ4n) is 2.14. The third-order valence-electron chi connectivity index (χ3n) is 3.44. The highest BCUT2D eigenvalue weighted by Gasteiger charge is 2.08. The van der Waals surface area contributed by atoms with E-state index in [2.05, 4.69) is 31.2 Å². The molecule has 0 aliphatic rings. The molecular weight excluding hydrogens is 400 g/mol. The summed E-state index contributed by atoms with van der Waals surface area (Å²) in [5.41, 5.74) is 7.72. The fourth-order valence-corrected chi connectivity index (χ4v) is 3.37. The first-order valence-electron chi connectivity index (χ1n) is 7.50. The van der Waals surface area contributed by atoms with Crippen LogP contribution < -0.4 is 11.1 Å². The first-order valence-corrected chi connectivity index (χ1v) is 9.11. The van der Waals surface area contributed by atoms with Crippen LogP contribution in [0, 0.1) is 0 Å². The Morgan fingerprint density at radius 2 is 2.00 bits per heavy atom. The van der Waals surface area contributed by atoms with E-state index in [0.717, 1.165) is 20.3 Å². The summed E-state index contributed by atoms with van der Waals surface area (Å²) >= 11 is 4.91. The maximum Gasteiger partial charge on any atom is 0.254 e. The summed E-state index contributed by atoms with van der Waals surface area (Å²) in [6, 6.07) is 15.5. The number of fused-ring (bicyclic) bond motifs is 1. The summed E-state index contributed by atoms with van der Waals surface area (Å²) in [6.07, 6.45) is 2.68. The van der Waals surface area contributed by atoms with Crippen molar-refractivity contribution >= 4 is 54.7 Å². The third-order valence-corrected chi connectivity index (χ3v) is 5.15. The van der Waals surface area contributed by atoms with E-state index in [1.54, 1.807) is 0 Å². The number of nitrogens with zero attached hydrogens (tertiary/aromatic N) is 2. The molecule has 1 heterocycles. The van der Waals surface area contributed by atoms with E-state index in [1.807, 2.05) is 48.5 Å². The number of halogens is 1. The van der Waals surface area contributed by atoms with Crippen molar-refractivity contribution in [1.82, 2.24) is 10.3 Å². The highest BCUT2D eigenvalue weighted by atomic mass is 79.9. The average Bonchev–Trinajstić information content (AvgIpc) is 3.04. The van der Waals surface area contributed by atoms with Gasteiger partial charge in [-0.15, -0.1) is 0 Å². The number of aliphatic imine (C=N–C) groups is 1. The molecule has 0 spiro atoms. The van der Waals surface area contributed by atoms with Crippen LogP contribution in [0.1, 0.15) is 5.56 Å². The van der Waals surface area contributed by atoms with Gasteiger partial charge in [-0.25, -0.2) is 9.98 Å². The van der Waals surface area contributed by atoms with Crippen LogP contribution in [0.4, 0.5) is 5.13 Å². The third kappa shape index (κ3) is 4.32. The van der Waals surface area contributed by atoms with Crippen LogP contribution in [-0.4, -0.2) is 17.1 Å². The predicted octanol–water partition coefficient (Wildman–Crippen LogP) is 3.92. The molecule has 0 saturated carbocycles. The molecule has 3 aromatic rings. The van der Waals surface area contributed by atoms with E-state index >= 15 is 0 Å². The van der Waals surface area contributed by atoms with Gasteiger partial charge in [-0.2, -0.15) is 0 Å². The number of amides is 1. The summed E-state index contributed by atoms with van der Waals surface area (Å²) in [5.74, 6) is -0.289. The van der Waals surface area contributed by atoms with Gasteiger partial charge in [0.1, 0.15) is 0 Å². The van der Waals surface area contributed by atoms with Crippen LogP contribution in [0.2, 0.25) is 0 Å². The second-order valence-electron chi connectivity index (χ2n) is 5.12. The van der Waals surface area contributed by atoms with E-state index in [9.17, 15) is 4.79 Å². The molecular formula is C18H15BrN4OS. The molecule has 3 N–H and O–H groups in total. The maximum atomic E-state index is 12.3. The molecule has 7 heteroatoms. The quantitative estimate of drug-likeness (QED) is 0.490. The topological polar surface area (TPSA) is 80.4 Å². The summed E-state index contributed by atoms with van der Waals surface area (Å²) in [4.78, 5) is 20.9. The number of nitrogens with one attached hydrogen (secondary N) is 1. The van der Waals surface area contributed by atoms with Gasteiger partial charge < -0.3 is 11.1 Å². The van der Waals surface area contributed by atoms with Gasteiger partial charge in [0.05, 0.1) is 15.8 Å². The molecule has 1 amide bonds. The minimum atomic E-state index is -0.289. The number of benzene rings is 2. The van der Waals surface area contributed by atoms with Crippen LogP contribution in [-0.2, 0) is 11.3 Å². The van der Waals surface area contributed by atoms with Crippen molar-refractivity contribution in [3.8, 4) is 0 Å². The van der Waals surface area contributed by atoms with E-state index in [-0.39, 0.29) is 11.5 Å². The molecule has 2 aromatic carbocycles. The normalized spacial score (nSPS) is 12.0. The largest absolute Gasteiger partial charge is 0.404 e. The van der Waals surface area contributed by atoms with Crippen molar-refractivity contribution < 1.29 is 4.79 Å². The van der Waals surface area contributed by atoms with Crippen molar-refractivity contribution in [2.24, 2.45) is 10.7 Å². The molecule has 0 bridgehead atoms. The van der Waals surface area contributed by atoms with Crippen LogP contribution >= 0.6 is 27.3 Å². The molecule has 1 aromatic heterocycles. The van der Waals surface area contributed by atoms with Crippen molar-refractivity contribution in [2.75, 3.05) is 0 Å². The standard InChI is InChI=1S/C18H15BrN4OS/c19-14-6-2-1-5-12(14)10-21-17(24)13(9-20)11-22-18-23-15-7-3-4-8-16(15)25-18/h1-9,11H,10,20H2,(H,21,24). The Morgan fingerprint density at radius 1 is 1.24 bits per heavy atom. The lowest BCUT2D eigenvalue weighted by molar-refractivity contribution is -0.117. The summed E-state index contributed by atoms with van der Waals surface area (Å²) in [7, 11) is 0. The molecule has 0 aliphatic carbocycles. The summed E-state index contributed by atoms with van der Waals surface area (Å²) in [6.45, 7) is 0.395. The number of rotatable bonds is 5. The summed E-state index contributed by atoms with van der Waals surface area (Å²) in [5, 5.41) is 3.41. The Labute approximate surface area is 157 Å². The Morgan fingerprint density at radius 3 is 2.76 bits per heavy atom. The number of carbonyl (C=O) groups excluding carboxylic acids is 1. The lowest BCUT2D eigenvalue weighted by atomic mass is 10.2. The molecule has 0 unspecified atom stereocenters. The fraction of sp³-hybridized carbons (Fsp3) is 0.0556. The number of nitrogens with two attached hydrogens (primary N) is 1. The van der Waals surface area contributed by atoms with Crippen molar-refractivity contribution in [3.05, 3.63) is 70.3 Å². The molecule has 25 heavy (non-hydrogen) atoms. The van der Waals surface area contributed by atoms with Crippen LogP contribution in [0.5, 0.6) is 0 Å². The van der Waals surface area contributed by atoms with E-state index in [1.165, 1.54) is 23.8 Å². The minimum Gasteiger partial charge on any atom is -0.404 e. The molecule has 0 radical (unpaired) electrons. The smallest absolute Gasteiger partial charge is 0.254 e. The molecule has 126 valence electrons. The number of hydrogen-bond donors (Lipinski definition) is 2. The van der Waals surface area contributed by atoms with Gasteiger partial charge in [0.2, 0.25) is 5.13 Å². The zero-order chi connectivity index (χ0) is 17.6. The highest BCUT2D eigenvalue weighted by molar-refractivity contribution is 9.10. The van der Waals surface area contributed by atoms with E-state index in [0.29, 0.717) is 11.7 Å². The second-order valence-corrected chi connectivity index (χ2v) is 6.98. The SMILES string of the molecule is NC=C(C=Nc1nc2ccccc2s1)C(=O)NCc1ccccc1Br. The Bertz CT molecular complexity index is 931. The van der Waals surface area contributed by atoms with Gasteiger partial charge in [0.25, 0.3) is 5.91 Å². The number of para-hydroxylation sites is 1. The van der Waals surface area contributed by atoms with E-state index < -0.39 is 0 Å². The highest BCUT2D eigenvalue weighted by Crippen LogP contribution is 2.27. The Balaban J connectivity index is 1.67. The van der Waals surface area contributed by atoms with Crippen molar-refractivity contribution in [1.29, 1.82) is 0 Å². The van der Waals surface area contributed by atoms with Crippen LogP contribution in [0.3, 0.4) is 0 Å². The average molecular weight is 415 g/mol. The number of carbonyl (C=O) groups is 1. The number of aromatic nitrogens is 1.